The van der Waals surface area contributed by atoms with Crippen molar-refractivity contribution < 1.29 is 23.4 Å². The fourth-order valence-electron chi connectivity index (χ4n) is 4.02. The molecule has 0 unspecified atom stereocenters. The topological polar surface area (TPSA) is 105 Å². The normalized spacial score (nSPS) is 12.2. The maximum Gasteiger partial charge on any atom is 0.347 e. The predicted molar refractivity (Wildman–Crippen MR) is 157 cm³/mol. The maximum absolute atomic E-state index is 13.5. The Morgan fingerprint density at radius 2 is 1.92 bits per heavy atom. The van der Waals surface area contributed by atoms with E-state index >= 15 is 0 Å². The van der Waals surface area contributed by atoms with Gasteiger partial charge >= 0.3 is 5.97 Å². The highest BCUT2D eigenvalue weighted by atomic mass is 127. The Morgan fingerprint density at radius 1 is 1.15 bits per heavy atom. The number of para-hydroxylation sites is 2. The lowest BCUT2D eigenvalue weighted by atomic mass is 10.2. The molecule has 3 aromatic carbocycles. The quantitative estimate of drug-likeness (QED) is 0.123. The van der Waals surface area contributed by atoms with Crippen LogP contribution < -0.4 is 15.0 Å². The van der Waals surface area contributed by atoms with Crippen molar-refractivity contribution in [2.45, 2.75) is 20.0 Å². The van der Waals surface area contributed by atoms with E-state index in [4.69, 9.17) is 23.6 Å². The van der Waals surface area contributed by atoms with E-state index in [1.807, 2.05) is 36.4 Å². The zero-order chi connectivity index (χ0) is 27.5. The third kappa shape index (κ3) is 5.37. The molecule has 2 aromatic heterocycles. The number of rotatable bonds is 8. The number of halogens is 1. The average Bonchev–Trinajstić information content (AvgIpc) is 3.38. The molecule has 0 amide bonds. The highest BCUT2D eigenvalue weighted by Crippen LogP contribution is 2.34. The molecular formula is C29H24IN3O6. The molecule has 1 atom stereocenters. The minimum Gasteiger partial charge on any atom is -0.493 e. The van der Waals surface area contributed by atoms with Gasteiger partial charge in [-0.05, 0) is 78.4 Å². The van der Waals surface area contributed by atoms with Crippen LogP contribution in [-0.4, -0.2) is 41.7 Å². The summed E-state index contributed by atoms with van der Waals surface area (Å²) in [5, 5.41) is 5.83. The van der Waals surface area contributed by atoms with Crippen LogP contribution >= 0.6 is 22.6 Å². The summed E-state index contributed by atoms with van der Waals surface area (Å²) in [6.45, 7) is 3.61. The molecule has 0 aliphatic carbocycles. The highest BCUT2D eigenvalue weighted by molar-refractivity contribution is 14.1. The van der Waals surface area contributed by atoms with Gasteiger partial charge in [0.15, 0.2) is 23.4 Å². The van der Waals surface area contributed by atoms with Crippen LogP contribution in [0, 0.1) is 3.57 Å². The molecule has 10 heteroatoms. The van der Waals surface area contributed by atoms with Gasteiger partial charge in [0.2, 0.25) is 5.82 Å². The molecule has 5 rings (SSSR count). The van der Waals surface area contributed by atoms with Gasteiger partial charge in [-0.1, -0.05) is 30.3 Å². The van der Waals surface area contributed by atoms with Gasteiger partial charge in [-0.15, -0.1) is 0 Å². The molecule has 2 heterocycles. The Bertz CT molecular complexity index is 1740. The Kier molecular flexibility index (Phi) is 7.64. The molecule has 0 saturated carbocycles. The van der Waals surface area contributed by atoms with Crippen LogP contribution in [0.2, 0.25) is 0 Å². The Labute approximate surface area is 237 Å². The largest absolute Gasteiger partial charge is 0.493 e. The van der Waals surface area contributed by atoms with Crippen molar-refractivity contribution in [2.75, 3.05) is 13.7 Å². The number of nitrogens with zero attached hydrogens (tertiary/aromatic N) is 3. The van der Waals surface area contributed by atoms with Crippen molar-refractivity contribution in [3.8, 4) is 23.1 Å². The summed E-state index contributed by atoms with van der Waals surface area (Å²) in [6, 6.07) is 20.0. The van der Waals surface area contributed by atoms with E-state index in [2.05, 4.69) is 27.7 Å². The average molecular weight is 637 g/mol. The van der Waals surface area contributed by atoms with Crippen LogP contribution in [0.4, 0.5) is 0 Å². The Balaban J connectivity index is 1.57. The van der Waals surface area contributed by atoms with Gasteiger partial charge in [0.25, 0.3) is 5.56 Å². The van der Waals surface area contributed by atoms with Crippen molar-refractivity contribution in [1.29, 1.82) is 0 Å². The summed E-state index contributed by atoms with van der Waals surface area (Å²) >= 11 is 2.09. The lowest BCUT2D eigenvalue weighted by Gasteiger charge is -2.17. The number of methoxy groups -OCH3 is 1. The predicted octanol–water partition coefficient (Wildman–Crippen LogP) is 5.64. The zero-order valence-corrected chi connectivity index (χ0v) is 23.5. The van der Waals surface area contributed by atoms with Gasteiger partial charge in [0, 0.05) is 5.39 Å². The first-order chi connectivity index (χ1) is 18.9. The fourth-order valence-corrected chi connectivity index (χ4v) is 4.77. The third-order valence-electron chi connectivity index (χ3n) is 5.89. The number of aromatic nitrogens is 2. The molecule has 9 nitrogen and oxygen atoms in total. The van der Waals surface area contributed by atoms with Crippen LogP contribution in [-0.2, 0) is 9.53 Å². The second-order valence-corrected chi connectivity index (χ2v) is 9.67. The van der Waals surface area contributed by atoms with Crippen molar-refractivity contribution in [1.82, 2.24) is 9.66 Å². The molecule has 5 aromatic rings. The number of benzene rings is 3. The van der Waals surface area contributed by atoms with Gasteiger partial charge in [-0.3, -0.25) is 4.79 Å². The number of hydrogen-bond donors (Lipinski definition) is 0. The van der Waals surface area contributed by atoms with Crippen LogP contribution in [0.5, 0.6) is 11.5 Å². The summed E-state index contributed by atoms with van der Waals surface area (Å²) in [5.41, 5.74) is 1.52. The molecule has 0 spiro atoms. The van der Waals surface area contributed by atoms with E-state index in [1.54, 1.807) is 44.2 Å². The SMILES string of the molecule is CCOC(=O)[C@@H](C)Oc1c(I)cc(C=Nn2c(-c3cc4ccccc4o3)nc3ccccc3c2=O)cc1OC. The first kappa shape index (κ1) is 26.4. The van der Waals surface area contributed by atoms with Gasteiger partial charge < -0.3 is 18.6 Å². The molecule has 0 fully saturated rings. The Hall–Kier alpha value is -4.19. The number of fused-ring (bicyclic) bond motifs is 2. The fraction of sp³-hybridized carbons (Fsp3) is 0.172. The molecule has 0 N–H and O–H groups in total. The second kappa shape index (κ2) is 11.3. The molecular weight excluding hydrogens is 613 g/mol. The lowest BCUT2D eigenvalue weighted by molar-refractivity contribution is -0.150. The van der Waals surface area contributed by atoms with E-state index in [9.17, 15) is 9.59 Å². The molecule has 0 bridgehead atoms. The van der Waals surface area contributed by atoms with Gasteiger partial charge in [0.05, 0.1) is 34.4 Å². The molecule has 0 aliphatic heterocycles. The van der Waals surface area contributed by atoms with E-state index < -0.39 is 12.1 Å². The molecule has 0 saturated heterocycles. The molecule has 39 heavy (non-hydrogen) atoms. The number of furan rings is 1. The molecule has 0 aliphatic rings. The summed E-state index contributed by atoms with van der Waals surface area (Å²) in [6.07, 6.45) is 0.716. The standard InChI is InChI=1S/C29H24IN3O6/c1-4-37-29(35)17(2)38-26-21(30)13-18(14-24(26)36-3)16-31-33-27(25-15-19-9-5-8-12-23(19)39-25)32-22-11-7-6-10-20(22)28(33)34/h5-17H,4H2,1-3H3/t17-/m1/s1. The monoisotopic (exact) mass is 637 g/mol. The maximum atomic E-state index is 13.5. The highest BCUT2D eigenvalue weighted by Gasteiger charge is 2.21. The van der Waals surface area contributed by atoms with Gasteiger partial charge in [-0.25, -0.2) is 9.78 Å². The Morgan fingerprint density at radius 3 is 2.69 bits per heavy atom. The molecule has 0 radical (unpaired) electrons. The molecule has 198 valence electrons. The van der Waals surface area contributed by atoms with Crippen LogP contribution in [0.25, 0.3) is 33.5 Å². The van der Waals surface area contributed by atoms with E-state index in [1.165, 1.54) is 18.0 Å². The number of hydrogen-bond acceptors (Lipinski definition) is 8. The van der Waals surface area contributed by atoms with E-state index in [0.717, 1.165) is 5.39 Å². The minimum atomic E-state index is -0.819. The summed E-state index contributed by atoms with van der Waals surface area (Å²) in [7, 11) is 1.51. The number of carbonyl (C=O) groups excluding carboxylic acids is 1. The second-order valence-electron chi connectivity index (χ2n) is 8.51. The number of esters is 1. The van der Waals surface area contributed by atoms with Crippen molar-refractivity contribution in [3.05, 3.63) is 86.2 Å². The van der Waals surface area contributed by atoms with Gasteiger partial charge in [-0.2, -0.15) is 9.78 Å². The van der Waals surface area contributed by atoms with Gasteiger partial charge in [0.1, 0.15) is 5.58 Å². The van der Waals surface area contributed by atoms with E-state index in [0.29, 0.717) is 42.9 Å². The zero-order valence-electron chi connectivity index (χ0n) is 21.4. The first-order valence-corrected chi connectivity index (χ1v) is 13.2. The van der Waals surface area contributed by atoms with Crippen LogP contribution in [0.3, 0.4) is 0 Å². The minimum absolute atomic E-state index is 0.259. The number of carbonyl (C=O) groups is 1. The summed E-state index contributed by atoms with van der Waals surface area (Å²) in [4.78, 5) is 30.3. The van der Waals surface area contributed by atoms with Crippen molar-refractivity contribution in [3.63, 3.8) is 0 Å². The smallest absolute Gasteiger partial charge is 0.347 e. The van der Waals surface area contributed by atoms with Crippen molar-refractivity contribution >= 4 is 56.6 Å². The first-order valence-electron chi connectivity index (χ1n) is 12.2. The summed E-state index contributed by atoms with van der Waals surface area (Å²) in [5.74, 6) is 1.03. The third-order valence-corrected chi connectivity index (χ3v) is 6.69. The van der Waals surface area contributed by atoms with E-state index in [-0.39, 0.29) is 18.0 Å². The summed E-state index contributed by atoms with van der Waals surface area (Å²) < 4.78 is 24.3. The lowest BCUT2D eigenvalue weighted by Crippen LogP contribution is -2.26. The van der Waals surface area contributed by atoms with Crippen LogP contribution in [0.1, 0.15) is 19.4 Å². The van der Waals surface area contributed by atoms with Crippen molar-refractivity contribution in [2.24, 2.45) is 5.10 Å². The van der Waals surface area contributed by atoms with Crippen LogP contribution in [0.15, 0.2) is 81.0 Å². The number of ether oxygens (including phenoxy) is 3.